The van der Waals surface area contributed by atoms with E-state index in [4.69, 9.17) is 9.72 Å². The first-order chi connectivity index (χ1) is 15.9. The number of anilines is 1. The summed E-state index contributed by atoms with van der Waals surface area (Å²) in [6.07, 6.45) is 13.5. The van der Waals surface area contributed by atoms with E-state index in [1.165, 1.54) is 12.8 Å². The van der Waals surface area contributed by atoms with Crippen molar-refractivity contribution in [3.63, 3.8) is 0 Å². The number of ether oxygens (including phenoxy) is 1. The zero-order valence-corrected chi connectivity index (χ0v) is 19.8. The lowest BCUT2D eigenvalue weighted by molar-refractivity contribution is -0.0801. The highest BCUT2D eigenvalue weighted by Gasteiger charge is 2.56. The zero-order chi connectivity index (χ0) is 22.5. The highest BCUT2D eigenvalue weighted by Crippen LogP contribution is 2.61. The molecule has 0 aromatic carbocycles. The molecule has 1 aliphatic heterocycles. The molecule has 8 rings (SSSR count). The van der Waals surface area contributed by atoms with E-state index in [9.17, 15) is 4.79 Å². The number of rotatable bonds is 3. The smallest absolute Gasteiger partial charge is 0.330 e. The number of allylic oxidation sites excluding steroid dienone is 1. The molecular weight excluding hydrogens is 414 g/mol. The molecule has 4 unspecified atom stereocenters. The van der Waals surface area contributed by atoms with Gasteiger partial charge in [-0.25, -0.2) is 9.78 Å². The summed E-state index contributed by atoms with van der Waals surface area (Å²) in [6.45, 7) is 5.35. The molecule has 4 saturated carbocycles. The summed E-state index contributed by atoms with van der Waals surface area (Å²) in [5.41, 5.74) is 3.79. The Labute approximate surface area is 193 Å². The third kappa shape index (κ3) is 2.81. The van der Waals surface area contributed by atoms with E-state index >= 15 is 0 Å². The van der Waals surface area contributed by atoms with Crippen molar-refractivity contribution < 1.29 is 4.74 Å². The molecule has 2 aromatic rings. The molecule has 7 heteroatoms. The SMILES string of the molecule is CC1=CC2OCCC2C=C1Nc1ncc2c(n1)n(C13CC4CC(C1)C(C)C(C4)C3)c(=O)n2C. The summed E-state index contributed by atoms with van der Waals surface area (Å²) in [5.74, 6) is 3.98. The molecule has 33 heavy (non-hydrogen) atoms. The van der Waals surface area contributed by atoms with Gasteiger partial charge in [0.25, 0.3) is 0 Å². The van der Waals surface area contributed by atoms with Gasteiger partial charge in [-0.2, -0.15) is 4.98 Å². The molecule has 0 spiro atoms. The minimum atomic E-state index is -0.0838. The zero-order valence-electron chi connectivity index (χ0n) is 19.8. The van der Waals surface area contributed by atoms with Crippen LogP contribution in [0.5, 0.6) is 0 Å². The topological polar surface area (TPSA) is 74.0 Å². The molecule has 4 atom stereocenters. The van der Waals surface area contributed by atoms with Crippen molar-refractivity contribution in [1.82, 2.24) is 19.1 Å². The first-order valence-corrected chi connectivity index (χ1v) is 12.7. The maximum Gasteiger partial charge on any atom is 0.330 e. The van der Waals surface area contributed by atoms with E-state index in [-0.39, 0.29) is 17.3 Å². The minimum Gasteiger partial charge on any atom is -0.373 e. The lowest BCUT2D eigenvalue weighted by atomic mass is 9.49. The Morgan fingerprint density at radius 1 is 1.18 bits per heavy atom. The summed E-state index contributed by atoms with van der Waals surface area (Å²) in [6, 6.07) is 0. The van der Waals surface area contributed by atoms with E-state index in [1.807, 2.05) is 13.2 Å². The van der Waals surface area contributed by atoms with Crippen LogP contribution >= 0.6 is 0 Å². The van der Waals surface area contributed by atoms with E-state index in [2.05, 4.69) is 40.9 Å². The third-order valence-corrected chi connectivity index (χ3v) is 9.64. The number of hydrogen-bond acceptors (Lipinski definition) is 5. The highest BCUT2D eigenvalue weighted by atomic mass is 16.5. The standard InChI is InChI=1S/C26H33N5O2/c1-14-6-22-17(4-5-33-22)9-20(14)28-24-27-13-21-23(29-24)31(25(32)30(21)3)26-10-16-7-18(11-26)15(2)19(8-16)12-26/h6,9,13,15-19,22H,4-5,7-8,10-12H2,1-3H3,(H,27,28,29). The van der Waals surface area contributed by atoms with Crippen LogP contribution in [-0.2, 0) is 17.3 Å². The average Bonchev–Trinajstić information content (AvgIpc) is 3.33. The molecule has 5 aliphatic carbocycles. The molecule has 3 heterocycles. The van der Waals surface area contributed by atoms with E-state index < -0.39 is 0 Å². The maximum absolute atomic E-state index is 13.6. The van der Waals surface area contributed by atoms with Crippen LogP contribution in [-0.4, -0.2) is 31.8 Å². The van der Waals surface area contributed by atoms with Gasteiger partial charge in [-0.05, 0) is 74.7 Å². The Morgan fingerprint density at radius 2 is 1.97 bits per heavy atom. The van der Waals surface area contributed by atoms with Crippen molar-refractivity contribution in [1.29, 1.82) is 0 Å². The Morgan fingerprint density at radius 3 is 2.76 bits per heavy atom. The summed E-state index contributed by atoms with van der Waals surface area (Å²) < 4.78 is 9.64. The second-order valence-corrected chi connectivity index (χ2v) is 11.5. The van der Waals surface area contributed by atoms with E-state index in [1.54, 1.807) is 4.57 Å². The molecule has 2 aromatic heterocycles. The van der Waals surface area contributed by atoms with E-state index in [0.717, 1.165) is 78.4 Å². The fourth-order valence-corrected chi connectivity index (χ4v) is 8.03. The van der Waals surface area contributed by atoms with Crippen LogP contribution in [0.3, 0.4) is 0 Å². The summed E-state index contributed by atoms with van der Waals surface area (Å²) in [4.78, 5) is 23.1. The van der Waals surface area contributed by atoms with Crippen LogP contribution in [0.15, 0.2) is 34.4 Å². The van der Waals surface area contributed by atoms with Gasteiger partial charge >= 0.3 is 5.69 Å². The van der Waals surface area contributed by atoms with Crippen molar-refractivity contribution in [2.24, 2.45) is 36.6 Å². The van der Waals surface area contributed by atoms with Gasteiger partial charge in [-0.1, -0.05) is 19.1 Å². The first kappa shape index (κ1) is 20.0. The van der Waals surface area contributed by atoms with Gasteiger partial charge in [-0.15, -0.1) is 0 Å². The van der Waals surface area contributed by atoms with Crippen molar-refractivity contribution in [2.45, 2.75) is 64.0 Å². The van der Waals surface area contributed by atoms with Crippen molar-refractivity contribution >= 4 is 17.1 Å². The van der Waals surface area contributed by atoms with Crippen LogP contribution in [0.1, 0.15) is 52.4 Å². The largest absolute Gasteiger partial charge is 0.373 e. The second-order valence-electron chi connectivity index (χ2n) is 11.5. The Bertz CT molecular complexity index is 1250. The molecule has 4 bridgehead atoms. The highest BCUT2D eigenvalue weighted by molar-refractivity contribution is 5.73. The summed E-state index contributed by atoms with van der Waals surface area (Å²) in [5, 5.41) is 3.46. The number of nitrogens with zero attached hydrogens (tertiary/aromatic N) is 4. The molecule has 0 radical (unpaired) electrons. The minimum absolute atomic E-state index is 0.0601. The van der Waals surface area contributed by atoms with Crippen LogP contribution in [0, 0.1) is 29.6 Å². The Balaban J connectivity index is 1.30. The summed E-state index contributed by atoms with van der Waals surface area (Å²) >= 11 is 0. The molecule has 0 amide bonds. The van der Waals surface area contributed by atoms with Crippen LogP contribution in [0.4, 0.5) is 5.95 Å². The maximum atomic E-state index is 13.6. The fraction of sp³-hybridized carbons (Fsp3) is 0.654. The normalized spacial score (nSPS) is 39.0. The van der Waals surface area contributed by atoms with Gasteiger partial charge in [0.1, 0.15) is 5.52 Å². The lowest BCUT2D eigenvalue weighted by Gasteiger charge is -2.59. The van der Waals surface area contributed by atoms with Crippen LogP contribution in [0.2, 0.25) is 0 Å². The summed E-state index contributed by atoms with van der Waals surface area (Å²) in [7, 11) is 1.86. The Hall–Kier alpha value is -2.41. The van der Waals surface area contributed by atoms with Gasteiger partial charge in [0.15, 0.2) is 5.65 Å². The molecule has 1 N–H and O–H groups in total. The third-order valence-electron chi connectivity index (χ3n) is 9.64. The number of hydrogen-bond donors (Lipinski definition) is 1. The van der Waals surface area contributed by atoms with Crippen molar-refractivity contribution in [3.05, 3.63) is 40.1 Å². The predicted octanol–water partition coefficient (Wildman–Crippen LogP) is 3.96. The average molecular weight is 448 g/mol. The van der Waals surface area contributed by atoms with Gasteiger partial charge < -0.3 is 10.1 Å². The molecule has 174 valence electrons. The molecule has 1 saturated heterocycles. The number of aryl methyl sites for hydroxylation is 1. The second kappa shape index (κ2) is 6.81. The van der Waals surface area contributed by atoms with Crippen molar-refractivity contribution in [2.75, 3.05) is 11.9 Å². The van der Waals surface area contributed by atoms with E-state index in [0.29, 0.717) is 11.9 Å². The first-order valence-electron chi connectivity index (χ1n) is 12.7. The molecular formula is C26H33N5O2. The number of fused-ring (bicyclic) bond motifs is 2. The van der Waals surface area contributed by atoms with Crippen LogP contribution < -0.4 is 11.0 Å². The lowest BCUT2D eigenvalue weighted by Crippen LogP contribution is -2.57. The predicted molar refractivity (Wildman–Crippen MR) is 127 cm³/mol. The number of nitrogens with one attached hydrogen (secondary N) is 1. The van der Waals surface area contributed by atoms with Gasteiger partial charge in [0, 0.05) is 25.3 Å². The quantitative estimate of drug-likeness (QED) is 0.771. The Kier molecular flexibility index (Phi) is 4.13. The molecule has 5 fully saturated rings. The van der Waals surface area contributed by atoms with Gasteiger partial charge in [0.2, 0.25) is 5.95 Å². The van der Waals surface area contributed by atoms with Crippen LogP contribution in [0.25, 0.3) is 11.2 Å². The molecule has 7 nitrogen and oxygen atoms in total. The fourth-order valence-electron chi connectivity index (χ4n) is 8.03. The molecule has 6 aliphatic rings. The number of imidazole rings is 1. The number of aromatic nitrogens is 4. The van der Waals surface area contributed by atoms with Gasteiger partial charge in [0.05, 0.1) is 17.8 Å². The monoisotopic (exact) mass is 447 g/mol. The van der Waals surface area contributed by atoms with Crippen molar-refractivity contribution in [3.8, 4) is 0 Å². The van der Waals surface area contributed by atoms with Gasteiger partial charge in [-0.3, -0.25) is 9.13 Å².